The molecule has 0 aliphatic carbocycles. The number of fused-ring (bicyclic) bond motifs is 1. The van der Waals surface area contributed by atoms with Gasteiger partial charge in [-0.15, -0.1) is 0 Å². The number of methoxy groups -OCH3 is 1. The number of carbonyl (C=O) groups is 1. The Hall–Kier alpha value is -3.98. The predicted molar refractivity (Wildman–Crippen MR) is 121 cm³/mol. The maximum Gasteiger partial charge on any atom is 0.274 e. The average Bonchev–Trinajstić information content (AvgIpc) is 3.55. The molecule has 0 fully saturated rings. The Labute approximate surface area is 193 Å². The highest BCUT2D eigenvalue weighted by Gasteiger charge is 2.19. The van der Waals surface area contributed by atoms with E-state index >= 15 is 0 Å². The number of aryl methyl sites for hydroxylation is 1. The number of rotatable bonds is 6. The highest BCUT2D eigenvalue weighted by Crippen LogP contribution is 2.35. The third-order valence-electron chi connectivity index (χ3n) is 5.17. The van der Waals surface area contributed by atoms with Crippen molar-refractivity contribution in [2.24, 2.45) is 0 Å². The lowest BCUT2D eigenvalue weighted by atomic mass is 10.2. The van der Waals surface area contributed by atoms with E-state index in [1.54, 1.807) is 47.2 Å². The summed E-state index contributed by atoms with van der Waals surface area (Å²) < 4.78 is 23.3. The summed E-state index contributed by atoms with van der Waals surface area (Å²) in [5, 5.41) is 7.50. The molecule has 0 atom stereocenters. The van der Waals surface area contributed by atoms with Crippen LogP contribution in [-0.4, -0.2) is 34.5 Å². The number of nitrogens with one attached hydrogen (secondary N) is 1. The maximum atomic E-state index is 12.7. The normalized spacial score (nSPS) is 12.1. The van der Waals surface area contributed by atoms with E-state index in [9.17, 15) is 4.79 Å². The molecule has 5 rings (SSSR count). The quantitative estimate of drug-likeness (QED) is 0.445. The highest BCUT2D eigenvalue weighted by atomic mass is 35.5. The molecule has 1 N–H and O–H groups in total. The van der Waals surface area contributed by atoms with Gasteiger partial charge in [-0.3, -0.25) is 4.79 Å². The van der Waals surface area contributed by atoms with Crippen molar-refractivity contribution < 1.29 is 23.5 Å². The number of hydrogen-bond donors (Lipinski definition) is 1. The van der Waals surface area contributed by atoms with Crippen LogP contribution < -0.4 is 19.5 Å². The summed E-state index contributed by atoms with van der Waals surface area (Å²) in [5.74, 6) is 2.24. The standard InChI is InChI=1S/C23H19ClN4O5/c1-13-8-16(19(30-2)10-15(13)24)25-21(29)11-28-7-3-4-17(28)23-26-22(27-33-23)14-5-6-18-20(9-14)32-12-31-18/h3-10H,11-12H2,1-2H3,(H,25,29). The van der Waals surface area contributed by atoms with Gasteiger partial charge >= 0.3 is 0 Å². The summed E-state index contributed by atoms with van der Waals surface area (Å²) in [6.45, 7) is 2.08. The number of nitrogens with zero attached hydrogens (tertiary/aromatic N) is 3. The lowest BCUT2D eigenvalue weighted by Crippen LogP contribution is -2.19. The van der Waals surface area contributed by atoms with Crippen molar-refractivity contribution in [1.82, 2.24) is 14.7 Å². The van der Waals surface area contributed by atoms with E-state index in [1.807, 2.05) is 13.0 Å². The van der Waals surface area contributed by atoms with Gasteiger partial charge in [-0.05, 0) is 48.9 Å². The minimum atomic E-state index is -0.247. The minimum absolute atomic E-state index is 0.0366. The molecule has 0 spiro atoms. The van der Waals surface area contributed by atoms with Crippen LogP contribution in [0.15, 0.2) is 53.2 Å². The van der Waals surface area contributed by atoms with E-state index in [2.05, 4.69) is 15.5 Å². The average molecular weight is 467 g/mol. The fourth-order valence-corrected chi connectivity index (χ4v) is 3.65. The number of halogens is 1. The Morgan fingerprint density at radius 2 is 2.06 bits per heavy atom. The number of ether oxygens (including phenoxy) is 3. The van der Waals surface area contributed by atoms with Gasteiger partial charge in [0.25, 0.3) is 5.89 Å². The molecule has 1 aliphatic heterocycles. The van der Waals surface area contributed by atoms with Gasteiger partial charge < -0.3 is 28.6 Å². The molecular weight excluding hydrogens is 448 g/mol. The van der Waals surface area contributed by atoms with Crippen molar-refractivity contribution in [2.75, 3.05) is 19.2 Å². The van der Waals surface area contributed by atoms with Crippen molar-refractivity contribution in [3.05, 3.63) is 59.2 Å². The van der Waals surface area contributed by atoms with Crippen molar-refractivity contribution in [1.29, 1.82) is 0 Å². The van der Waals surface area contributed by atoms with Gasteiger partial charge in [0.2, 0.25) is 18.5 Å². The number of aromatic nitrogens is 3. The maximum absolute atomic E-state index is 12.7. The minimum Gasteiger partial charge on any atom is -0.495 e. The van der Waals surface area contributed by atoms with E-state index in [1.165, 1.54) is 7.11 Å². The van der Waals surface area contributed by atoms with E-state index in [0.29, 0.717) is 45.4 Å². The van der Waals surface area contributed by atoms with Crippen molar-refractivity contribution >= 4 is 23.2 Å². The van der Waals surface area contributed by atoms with Crippen molar-refractivity contribution in [3.63, 3.8) is 0 Å². The number of carbonyl (C=O) groups excluding carboxylic acids is 1. The molecule has 1 aliphatic rings. The zero-order valence-corrected chi connectivity index (χ0v) is 18.5. The monoisotopic (exact) mass is 466 g/mol. The lowest BCUT2D eigenvalue weighted by Gasteiger charge is -2.13. The summed E-state index contributed by atoms with van der Waals surface area (Å²) >= 11 is 6.15. The molecule has 0 saturated heterocycles. The topological polar surface area (TPSA) is 101 Å². The fourth-order valence-electron chi connectivity index (χ4n) is 3.50. The molecule has 9 nitrogen and oxygen atoms in total. The summed E-state index contributed by atoms with van der Waals surface area (Å²) in [6, 6.07) is 12.5. The zero-order chi connectivity index (χ0) is 22.9. The summed E-state index contributed by atoms with van der Waals surface area (Å²) in [6.07, 6.45) is 1.77. The Morgan fingerprint density at radius 1 is 1.21 bits per heavy atom. The Balaban J connectivity index is 1.34. The van der Waals surface area contributed by atoms with E-state index in [-0.39, 0.29) is 19.2 Å². The molecule has 1 amide bonds. The number of anilines is 1. The van der Waals surface area contributed by atoms with Crippen LogP contribution in [0.3, 0.4) is 0 Å². The number of benzene rings is 2. The van der Waals surface area contributed by atoms with Crippen LogP contribution in [0.5, 0.6) is 17.2 Å². The molecule has 0 unspecified atom stereocenters. The van der Waals surface area contributed by atoms with Crippen LogP contribution in [0, 0.1) is 6.92 Å². The molecule has 3 heterocycles. The Morgan fingerprint density at radius 3 is 2.91 bits per heavy atom. The second-order valence-corrected chi connectivity index (χ2v) is 7.77. The van der Waals surface area contributed by atoms with Crippen LogP contribution in [0.1, 0.15) is 5.56 Å². The van der Waals surface area contributed by atoms with Gasteiger partial charge in [-0.25, -0.2) is 0 Å². The Bertz CT molecular complexity index is 1350. The van der Waals surface area contributed by atoms with Crippen molar-refractivity contribution in [3.8, 4) is 40.2 Å². The predicted octanol–water partition coefficient (Wildman–Crippen LogP) is 4.54. The zero-order valence-electron chi connectivity index (χ0n) is 17.8. The van der Waals surface area contributed by atoms with Crippen LogP contribution in [0.25, 0.3) is 23.0 Å². The first-order valence-electron chi connectivity index (χ1n) is 10.0. The van der Waals surface area contributed by atoms with Gasteiger partial charge in [0.05, 0.1) is 12.8 Å². The lowest BCUT2D eigenvalue weighted by molar-refractivity contribution is -0.116. The first kappa shape index (κ1) is 20.9. The molecule has 0 radical (unpaired) electrons. The van der Waals surface area contributed by atoms with Gasteiger partial charge in [0.1, 0.15) is 18.0 Å². The summed E-state index contributed by atoms with van der Waals surface area (Å²) in [4.78, 5) is 17.2. The highest BCUT2D eigenvalue weighted by molar-refractivity contribution is 6.31. The van der Waals surface area contributed by atoms with E-state index in [4.69, 9.17) is 30.3 Å². The summed E-state index contributed by atoms with van der Waals surface area (Å²) in [5.41, 5.74) is 2.72. The smallest absolute Gasteiger partial charge is 0.274 e. The van der Waals surface area contributed by atoms with Gasteiger partial charge in [-0.1, -0.05) is 16.8 Å². The second kappa shape index (κ2) is 8.51. The first-order valence-corrected chi connectivity index (χ1v) is 10.4. The molecule has 168 valence electrons. The molecule has 0 bridgehead atoms. The fraction of sp³-hybridized carbons (Fsp3) is 0.174. The van der Waals surface area contributed by atoms with Crippen molar-refractivity contribution in [2.45, 2.75) is 13.5 Å². The van der Waals surface area contributed by atoms with E-state index < -0.39 is 0 Å². The van der Waals surface area contributed by atoms with E-state index in [0.717, 1.165) is 11.1 Å². The molecule has 2 aromatic heterocycles. The summed E-state index contributed by atoms with van der Waals surface area (Å²) in [7, 11) is 1.52. The molecule has 33 heavy (non-hydrogen) atoms. The van der Waals surface area contributed by atoms with Crippen LogP contribution >= 0.6 is 11.6 Å². The number of hydrogen-bond acceptors (Lipinski definition) is 7. The largest absolute Gasteiger partial charge is 0.495 e. The Kier molecular flexibility index (Phi) is 5.39. The van der Waals surface area contributed by atoms with Crippen LogP contribution in [0.4, 0.5) is 5.69 Å². The van der Waals surface area contributed by atoms with Gasteiger partial charge in [-0.2, -0.15) is 4.98 Å². The second-order valence-electron chi connectivity index (χ2n) is 7.36. The molecular formula is C23H19ClN4O5. The van der Waals surface area contributed by atoms with Gasteiger partial charge in [0, 0.05) is 22.8 Å². The van der Waals surface area contributed by atoms with Crippen LogP contribution in [-0.2, 0) is 11.3 Å². The first-order chi connectivity index (χ1) is 16.0. The van der Waals surface area contributed by atoms with Crippen LogP contribution in [0.2, 0.25) is 5.02 Å². The molecule has 2 aromatic carbocycles. The molecule has 10 heteroatoms. The molecule has 0 saturated carbocycles. The van der Waals surface area contributed by atoms with Gasteiger partial charge in [0.15, 0.2) is 11.5 Å². The third-order valence-corrected chi connectivity index (χ3v) is 5.58. The third kappa shape index (κ3) is 4.10. The molecule has 4 aromatic rings. The SMILES string of the molecule is COc1cc(Cl)c(C)cc1NC(=O)Cn1cccc1-c1nc(-c2ccc3c(c2)OCO3)no1. The number of amides is 1.